The first-order chi connectivity index (χ1) is 9.08. The summed E-state index contributed by atoms with van der Waals surface area (Å²) in [5.74, 6) is -0.132. The number of nitrogens with one attached hydrogen (secondary N) is 1. The molecule has 1 saturated heterocycles. The SMILES string of the molecule is CCOC(=N)c1ncn(C2O[C@H](CO)[C@@H](O)[C@H]2O)n1. The van der Waals surface area contributed by atoms with Crippen molar-refractivity contribution in [3.63, 3.8) is 0 Å². The lowest BCUT2D eigenvalue weighted by Gasteiger charge is -2.13. The summed E-state index contributed by atoms with van der Waals surface area (Å²) < 4.78 is 11.4. The van der Waals surface area contributed by atoms with E-state index < -0.39 is 31.1 Å². The van der Waals surface area contributed by atoms with Gasteiger partial charge in [-0.1, -0.05) is 0 Å². The van der Waals surface area contributed by atoms with Gasteiger partial charge in [-0.25, -0.2) is 9.67 Å². The lowest BCUT2D eigenvalue weighted by Crippen LogP contribution is -2.33. The molecule has 0 bridgehead atoms. The predicted octanol–water partition coefficient (Wildman–Crippen LogP) is -1.75. The summed E-state index contributed by atoms with van der Waals surface area (Å²) >= 11 is 0. The van der Waals surface area contributed by atoms with Gasteiger partial charge in [-0.3, -0.25) is 5.41 Å². The third kappa shape index (κ3) is 2.59. The van der Waals surface area contributed by atoms with Gasteiger partial charge in [-0.2, -0.15) is 0 Å². The van der Waals surface area contributed by atoms with Crippen LogP contribution in [0.2, 0.25) is 0 Å². The average Bonchev–Trinajstić information content (AvgIpc) is 2.97. The Morgan fingerprint density at radius 3 is 2.84 bits per heavy atom. The third-order valence-corrected chi connectivity index (χ3v) is 2.78. The fourth-order valence-corrected chi connectivity index (χ4v) is 1.81. The molecule has 2 heterocycles. The molecule has 1 fully saturated rings. The molecule has 0 radical (unpaired) electrons. The molecule has 106 valence electrons. The standard InChI is InChI=1S/C10H16N4O5/c1-2-18-8(11)9-12-4-14(13-9)10-7(17)6(16)5(3-15)19-10/h4-7,10-11,15-17H,2-3H2,1H3/t5-,6-,7-,10?/m1/s1. The number of hydrogen-bond acceptors (Lipinski definition) is 8. The third-order valence-electron chi connectivity index (χ3n) is 2.78. The molecule has 2 rings (SSSR count). The molecule has 19 heavy (non-hydrogen) atoms. The molecule has 0 amide bonds. The number of aliphatic hydroxyl groups is 3. The van der Waals surface area contributed by atoms with Crippen molar-refractivity contribution < 1.29 is 24.8 Å². The molecule has 1 aromatic heterocycles. The van der Waals surface area contributed by atoms with E-state index in [4.69, 9.17) is 20.0 Å². The quantitative estimate of drug-likeness (QED) is 0.377. The number of aromatic nitrogens is 3. The summed E-state index contributed by atoms with van der Waals surface area (Å²) in [5.41, 5.74) is 0. The number of hydrogen-bond donors (Lipinski definition) is 4. The van der Waals surface area contributed by atoms with Crippen LogP contribution in [0.1, 0.15) is 19.0 Å². The highest BCUT2D eigenvalue weighted by Crippen LogP contribution is 2.28. The van der Waals surface area contributed by atoms with E-state index >= 15 is 0 Å². The van der Waals surface area contributed by atoms with Gasteiger partial charge in [0.15, 0.2) is 6.23 Å². The maximum atomic E-state index is 9.80. The largest absolute Gasteiger partial charge is 0.476 e. The number of rotatable bonds is 4. The van der Waals surface area contributed by atoms with Crippen molar-refractivity contribution >= 4 is 5.90 Å². The summed E-state index contributed by atoms with van der Waals surface area (Å²) in [7, 11) is 0. The van der Waals surface area contributed by atoms with Crippen LogP contribution >= 0.6 is 0 Å². The Bertz CT molecular complexity index is 451. The van der Waals surface area contributed by atoms with E-state index in [1.807, 2.05) is 0 Å². The minimum atomic E-state index is -1.23. The number of nitrogens with zero attached hydrogens (tertiary/aromatic N) is 3. The van der Waals surface area contributed by atoms with Crippen LogP contribution in [0.25, 0.3) is 0 Å². The van der Waals surface area contributed by atoms with Crippen LogP contribution in [0.5, 0.6) is 0 Å². The van der Waals surface area contributed by atoms with Crippen LogP contribution in [0.15, 0.2) is 6.33 Å². The molecule has 1 aliphatic rings. The summed E-state index contributed by atoms with van der Waals surface area (Å²) in [6.07, 6.45) is -2.99. The molecule has 0 aliphatic carbocycles. The number of aliphatic hydroxyl groups excluding tert-OH is 3. The van der Waals surface area contributed by atoms with Crippen molar-refractivity contribution in [2.24, 2.45) is 0 Å². The Balaban J connectivity index is 2.13. The lowest BCUT2D eigenvalue weighted by atomic mass is 10.1. The molecule has 1 unspecified atom stereocenters. The Kier molecular flexibility index (Phi) is 4.10. The Morgan fingerprint density at radius 2 is 2.26 bits per heavy atom. The van der Waals surface area contributed by atoms with Gasteiger partial charge in [0.1, 0.15) is 24.6 Å². The zero-order chi connectivity index (χ0) is 14.0. The summed E-state index contributed by atoms with van der Waals surface area (Å²) in [6.45, 7) is 1.64. The zero-order valence-corrected chi connectivity index (χ0v) is 10.3. The maximum Gasteiger partial charge on any atom is 0.254 e. The van der Waals surface area contributed by atoms with E-state index in [9.17, 15) is 10.2 Å². The van der Waals surface area contributed by atoms with Crippen LogP contribution in [-0.4, -0.2) is 67.5 Å². The topological polar surface area (TPSA) is 134 Å². The molecule has 0 spiro atoms. The first kappa shape index (κ1) is 13.9. The molecular weight excluding hydrogens is 256 g/mol. The van der Waals surface area contributed by atoms with Gasteiger partial charge >= 0.3 is 0 Å². The van der Waals surface area contributed by atoms with Crippen molar-refractivity contribution in [2.45, 2.75) is 31.5 Å². The number of ether oxygens (including phenoxy) is 2. The summed E-state index contributed by atoms with van der Waals surface area (Å²) in [5, 5.41) is 39.9. The van der Waals surface area contributed by atoms with Crippen LogP contribution in [0.4, 0.5) is 0 Å². The first-order valence-corrected chi connectivity index (χ1v) is 5.83. The first-order valence-electron chi connectivity index (χ1n) is 5.83. The molecule has 4 atom stereocenters. The molecule has 4 N–H and O–H groups in total. The van der Waals surface area contributed by atoms with E-state index in [1.165, 1.54) is 11.0 Å². The van der Waals surface area contributed by atoms with Crippen LogP contribution in [-0.2, 0) is 9.47 Å². The predicted molar refractivity (Wildman–Crippen MR) is 61.5 cm³/mol. The van der Waals surface area contributed by atoms with E-state index in [0.29, 0.717) is 6.61 Å². The Labute approximate surface area is 108 Å². The van der Waals surface area contributed by atoms with Gasteiger partial charge in [-0.15, -0.1) is 5.10 Å². The highest BCUT2D eigenvalue weighted by molar-refractivity contribution is 5.87. The fraction of sp³-hybridized carbons (Fsp3) is 0.700. The van der Waals surface area contributed by atoms with Gasteiger partial charge in [0.2, 0.25) is 5.82 Å². The average molecular weight is 272 g/mol. The molecule has 9 heteroatoms. The zero-order valence-electron chi connectivity index (χ0n) is 10.3. The van der Waals surface area contributed by atoms with E-state index in [0.717, 1.165) is 0 Å². The Hall–Kier alpha value is -1.55. The van der Waals surface area contributed by atoms with Crippen molar-refractivity contribution in [3.05, 3.63) is 12.2 Å². The van der Waals surface area contributed by atoms with Crippen molar-refractivity contribution in [1.29, 1.82) is 5.41 Å². The van der Waals surface area contributed by atoms with Crippen LogP contribution < -0.4 is 0 Å². The molecular formula is C10H16N4O5. The van der Waals surface area contributed by atoms with Crippen molar-refractivity contribution in [1.82, 2.24) is 14.8 Å². The molecule has 1 aromatic rings. The minimum absolute atomic E-state index is 0.0552. The van der Waals surface area contributed by atoms with Gasteiger partial charge < -0.3 is 24.8 Å². The lowest BCUT2D eigenvalue weighted by molar-refractivity contribution is -0.0588. The Morgan fingerprint density at radius 1 is 1.53 bits per heavy atom. The highest BCUT2D eigenvalue weighted by atomic mass is 16.6. The van der Waals surface area contributed by atoms with E-state index in [1.54, 1.807) is 6.92 Å². The van der Waals surface area contributed by atoms with Gasteiger partial charge in [0, 0.05) is 0 Å². The second-order valence-corrected chi connectivity index (χ2v) is 4.04. The van der Waals surface area contributed by atoms with E-state index in [-0.39, 0.29) is 11.7 Å². The second-order valence-electron chi connectivity index (χ2n) is 4.04. The van der Waals surface area contributed by atoms with E-state index in [2.05, 4.69) is 10.1 Å². The van der Waals surface area contributed by atoms with Crippen LogP contribution in [0, 0.1) is 5.41 Å². The summed E-state index contributed by atoms with van der Waals surface area (Å²) in [4.78, 5) is 3.86. The van der Waals surface area contributed by atoms with Gasteiger partial charge in [0.05, 0.1) is 13.2 Å². The minimum Gasteiger partial charge on any atom is -0.476 e. The summed E-state index contributed by atoms with van der Waals surface area (Å²) in [6, 6.07) is 0. The monoisotopic (exact) mass is 272 g/mol. The second kappa shape index (κ2) is 5.61. The fourth-order valence-electron chi connectivity index (χ4n) is 1.81. The van der Waals surface area contributed by atoms with Gasteiger partial charge in [0.25, 0.3) is 5.90 Å². The van der Waals surface area contributed by atoms with Crippen molar-refractivity contribution in [2.75, 3.05) is 13.2 Å². The van der Waals surface area contributed by atoms with Crippen LogP contribution in [0.3, 0.4) is 0 Å². The molecule has 9 nitrogen and oxygen atoms in total. The van der Waals surface area contributed by atoms with Gasteiger partial charge in [-0.05, 0) is 6.92 Å². The smallest absolute Gasteiger partial charge is 0.254 e. The normalized spacial score (nSPS) is 30.5. The van der Waals surface area contributed by atoms with Crippen molar-refractivity contribution in [3.8, 4) is 0 Å². The maximum absolute atomic E-state index is 9.80. The molecule has 0 aromatic carbocycles. The molecule has 0 saturated carbocycles. The molecule has 1 aliphatic heterocycles. The highest BCUT2D eigenvalue weighted by Gasteiger charge is 2.44.